The summed E-state index contributed by atoms with van der Waals surface area (Å²) < 4.78 is 28.0. The first kappa shape index (κ1) is 22.2. The van der Waals surface area contributed by atoms with E-state index in [0.29, 0.717) is 41.5 Å². The van der Waals surface area contributed by atoms with Gasteiger partial charge in [-0.15, -0.1) is 10.2 Å². The lowest BCUT2D eigenvalue weighted by molar-refractivity contribution is 0.102. The molecule has 0 unspecified atom stereocenters. The molecular formula is C24H26N4O3S2. The molecule has 1 aliphatic heterocycles. The topological polar surface area (TPSA) is 92.3 Å². The van der Waals surface area contributed by atoms with Crippen LogP contribution in [0.3, 0.4) is 0 Å². The summed E-state index contributed by atoms with van der Waals surface area (Å²) in [5.41, 5.74) is 3.16. The van der Waals surface area contributed by atoms with Crippen molar-refractivity contribution in [2.24, 2.45) is 0 Å². The third kappa shape index (κ3) is 4.71. The van der Waals surface area contributed by atoms with Crippen molar-refractivity contribution in [1.82, 2.24) is 14.5 Å². The van der Waals surface area contributed by atoms with E-state index < -0.39 is 10.0 Å². The lowest BCUT2D eigenvalue weighted by atomic mass is 9.92. The smallest absolute Gasteiger partial charge is 0.286 e. The predicted molar refractivity (Wildman–Crippen MR) is 128 cm³/mol. The lowest BCUT2D eigenvalue weighted by Crippen LogP contribution is -2.38. The number of nitrogens with zero attached hydrogens (tertiary/aromatic N) is 3. The second-order valence-corrected chi connectivity index (χ2v) is 11.5. The highest BCUT2D eigenvalue weighted by molar-refractivity contribution is 7.89. The van der Waals surface area contributed by atoms with E-state index in [2.05, 4.69) is 15.5 Å². The summed E-state index contributed by atoms with van der Waals surface area (Å²) in [7, 11) is -3.51. The summed E-state index contributed by atoms with van der Waals surface area (Å²) >= 11 is 1.29. The summed E-state index contributed by atoms with van der Waals surface area (Å²) in [6, 6.07) is 14.8. The Bertz CT molecular complexity index is 1250. The van der Waals surface area contributed by atoms with Crippen LogP contribution in [0.25, 0.3) is 0 Å². The van der Waals surface area contributed by atoms with Crippen molar-refractivity contribution in [3.8, 4) is 0 Å². The van der Waals surface area contributed by atoms with E-state index in [1.807, 2.05) is 42.5 Å². The van der Waals surface area contributed by atoms with Crippen LogP contribution >= 0.6 is 11.3 Å². The third-order valence-corrected chi connectivity index (χ3v) is 9.41. The van der Waals surface area contributed by atoms with Crippen LogP contribution < -0.4 is 5.32 Å². The van der Waals surface area contributed by atoms with Gasteiger partial charge < -0.3 is 5.32 Å². The average molecular weight is 483 g/mol. The van der Waals surface area contributed by atoms with Crippen molar-refractivity contribution < 1.29 is 13.2 Å². The van der Waals surface area contributed by atoms with Crippen molar-refractivity contribution in [1.29, 1.82) is 0 Å². The highest BCUT2D eigenvalue weighted by Gasteiger charge is 2.32. The Labute approximate surface area is 197 Å². The van der Waals surface area contributed by atoms with Crippen LogP contribution in [0.15, 0.2) is 53.4 Å². The maximum absolute atomic E-state index is 13.2. The molecule has 2 aromatic carbocycles. The highest BCUT2D eigenvalue weighted by Crippen LogP contribution is 2.33. The zero-order valence-electron chi connectivity index (χ0n) is 18.2. The Morgan fingerprint density at radius 1 is 0.970 bits per heavy atom. The number of anilines is 1. The number of aryl methyl sites for hydroxylation is 2. The first-order valence-corrected chi connectivity index (χ1v) is 13.6. The van der Waals surface area contributed by atoms with Gasteiger partial charge in [0, 0.05) is 24.7 Å². The zero-order chi connectivity index (χ0) is 22.8. The van der Waals surface area contributed by atoms with Crippen LogP contribution in [-0.4, -0.2) is 41.9 Å². The molecule has 1 aromatic heterocycles. The molecule has 1 fully saturated rings. The average Bonchev–Trinajstić information content (AvgIpc) is 3.35. The predicted octanol–water partition coefficient (Wildman–Crippen LogP) is 4.24. The number of nitrogens with one attached hydrogen (secondary N) is 1. The normalized spacial score (nSPS) is 17.5. The van der Waals surface area contributed by atoms with Crippen LogP contribution in [0.5, 0.6) is 0 Å². The minimum Gasteiger partial charge on any atom is -0.320 e. The monoisotopic (exact) mass is 482 g/mol. The molecule has 2 heterocycles. The largest absolute Gasteiger partial charge is 0.320 e. The maximum atomic E-state index is 13.2. The van der Waals surface area contributed by atoms with Crippen molar-refractivity contribution in [3.05, 3.63) is 69.7 Å². The number of amides is 1. The molecule has 0 spiro atoms. The fraction of sp³-hybridized carbons (Fsp3) is 0.375. The van der Waals surface area contributed by atoms with Gasteiger partial charge in [-0.1, -0.05) is 35.6 Å². The van der Waals surface area contributed by atoms with Crippen LogP contribution in [0.4, 0.5) is 5.69 Å². The maximum Gasteiger partial charge on any atom is 0.286 e. The van der Waals surface area contributed by atoms with Crippen LogP contribution in [0.2, 0.25) is 0 Å². The number of sulfonamides is 1. The number of piperidine rings is 1. The molecule has 172 valence electrons. The van der Waals surface area contributed by atoms with E-state index in [-0.39, 0.29) is 11.8 Å². The molecule has 2 aliphatic rings. The molecule has 1 N–H and O–H groups in total. The summed E-state index contributed by atoms with van der Waals surface area (Å²) in [4.78, 5) is 12.9. The Hall–Kier alpha value is -2.62. The SMILES string of the molecule is O=C(Nc1ccccc1)c1nnc(C2CCN(S(=O)(=O)c3ccc4c(c3)CCCC4)CC2)s1. The summed E-state index contributed by atoms with van der Waals surface area (Å²) in [5.74, 6) is -0.173. The zero-order valence-corrected chi connectivity index (χ0v) is 19.9. The third-order valence-electron chi connectivity index (χ3n) is 6.43. The molecule has 0 radical (unpaired) electrons. The molecule has 0 bridgehead atoms. The van der Waals surface area contributed by atoms with E-state index in [1.165, 1.54) is 28.9 Å². The molecule has 1 saturated heterocycles. The van der Waals surface area contributed by atoms with Gasteiger partial charge in [0.2, 0.25) is 15.0 Å². The number of hydrogen-bond donors (Lipinski definition) is 1. The summed E-state index contributed by atoms with van der Waals surface area (Å²) in [5, 5.41) is 12.2. The Morgan fingerprint density at radius 3 is 2.45 bits per heavy atom. The van der Waals surface area contributed by atoms with Gasteiger partial charge in [-0.25, -0.2) is 8.42 Å². The molecule has 7 nitrogen and oxygen atoms in total. The van der Waals surface area contributed by atoms with Gasteiger partial charge in [-0.3, -0.25) is 4.79 Å². The number of para-hydroxylation sites is 1. The number of rotatable bonds is 5. The Balaban J connectivity index is 1.23. The number of carbonyl (C=O) groups is 1. The minimum absolute atomic E-state index is 0.107. The van der Waals surface area contributed by atoms with Crippen molar-refractivity contribution in [2.45, 2.75) is 49.3 Å². The van der Waals surface area contributed by atoms with Gasteiger partial charge in [0.1, 0.15) is 5.01 Å². The van der Waals surface area contributed by atoms with Gasteiger partial charge in [0.25, 0.3) is 5.91 Å². The minimum atomic E-state index is -3.51. The highest BCUT2D eigenvalue weighted by atomic mass is 32.2. The van der Waals surface area contributed by atoms with Crippen LogP contribution in [0, 0.1) is 0 Å². The Kier molecular flexibility index (Phi) is 6.27. The van der Waals surface area contributed by atoms with E-state index in [1.54, 1.807) is 10.4 Å². The van der Waals surface area contributed by atoms with E-state index in [0.717, 1.165) is 24.3 Å². The molecule has 1 amide bonds. The second kappa shape index (κ2) is 9.32. The van der Waals surface area contributed by atoms with Crippen molar-refractivity contribution >= 4 is 33.0 Å². The Morgan fingerprint density at radius 2 is 1.70 bits per heavy atom. The van der Waals surface area contributed by atoms with E-state index in [4.69, 9.17) is 0 Å². The number of aromatic nitrogens is 2. The number of fused-ring (bicyclic) bond motifs is 1. The van der Waals surface area contributed by atoms with Crippen molar-refractivity contribution in [2.75, 3.05) is 18.4 Å². The van der Waals surface area contributed by atoms with E-state index in [9.17, 15) is 13.2 Å². The van der Waals surface area contributed by atoms with Crippen LogP contribution in [0.1, 0.15) is 57.5 Å². The number of carbonyl (C=O) groups excluding carboxylic acids is 1. The van der Waals surface area contributed by atoms with Gasteiger partial charge in [-0.2, -0.15) is 4.31 Å². The molecular weight excluding hydrogens is 456 g/mol. The molecule has 9 heteroatoms. The lowest BCUT2D eigenvalue weighted by Gasteiger charge is -2.30. The van der Waals surface area contributed by atoms with Crippen molar-refractivity contribution in [3.63, 3.8) is 0 Å². The molecule has 3 aromatic rings. The van der Waals surface area contributed by atoms with Gasteiger partial charge >= 0.3 is 0 Å². The number of hydrogen-bond acceptors (Lipinski definition) is 6. The molecule has 1 aliphatic carbocycles. The molecule has 0 saturated carbocycles. The standard InChI is InChI=1S/C24H26N4O3S2/c29-22(25-20-8-2-1-3-9-20)24-27-26-23(32-24)18-12-14-28(15-13-18)33(30,31)21-11-10-17-6-4-5-7-19(17)16-21/h1-3,8-11,16,18H,4-7,12-15H2,(H,25,29). The number of benzene rings is 2. The molecule has 33 heavy (non-hydrogen) atoms. The second-order valence-electron chi connectivity index (χ2n) is 8.58. The first-order valence-electron chi connectivity index (χ1n) is 11.3. The van der Waals surface area contributed by atoms with Gasteiger partial charge in [-0.05, 0) is 73.9 Å². The fourth-order valence-electron chi connectivity index (χ4n) is 4.56. The summed E-state index contributed by atoms with van der Waals surface area (Å²) in [6.07, 6.45) is 5.62. The quantitative estimate of drug-likeness (QED) is 0.587. The molecule has 5 rings (SSSR count). The van der Waals surface area contributed by atoms with E-state index >= 15 is 0 Å². The molecule has 0 atom stereocenters. The van der Waals surface area contributed by atoms with Gasteiger partial charge in [0.15, 0.2) is 0 Å². The van der Waals surface area contributed by atoms with Crippen LogP contribution in [-0.2, 0) is 22.9 Å². The first-order chi connectivity index (χ1) is 16.0. The summed E-state index contributed by atoms with van der Waals surface area (Å²) in [6.45, 7) is 0.879. The fourth-order valence-corrected chi connectivity index (χ4v) is 6.99. The van der Waals surface area contributed by atoms with Gasteiger partial charge in [0.05, 0.1) is 4.90 Å².